The summed E-state index contributed by atoms with van der Waals surface area (Å²) in [5.41, 5.74) is 2.20. The number of carbonyl (C=O) groups excluding carboxylic acids is 2. The molecule has 0 unspecified atom stereocenters. The first-order chi connectivity index (χ1) is 13.2. The van der Waals surface area contributed by atoms with Crippen LogP contribution < -0.4 is 15.5 Å². The predicted molar refractivity (Wildman–Crippen MR) is 107 cm³/mol. The van der Waals surface area contributed by atoms with Gasteiger partial charge >= 0.3 is 0 Å². The molecule has 27 heavy (non-hydrogen) atoms. The number of carbonyl (C=O) groups is 2. The largest absolute Gasteiger partial charge is 0.357 e. The van der Waals surface area contributed by atoms with E-state index in [1.807, 2.05) is 34.9 Å². The van der Waals surface area contributed by atoms with Crippen molar-refractivity contribution in [3.8, 4) is 0 Å². The third-order valence-corrected chi connectivity index (χ3v) is 4.99. The Labute approximate surface area is 160 Å². The van der Waals surface area contributed by atoms with Crippen LogP contribution in [0, 0.1) is 0 Å². The summed E-state index contributed by atoms with van der Waals surface area (Å²) < 4.78 is 0. The smallest absolute Gasteiger partial charge is 0.248 e. The van der Waals surface area contributed by atoms with Crippen molar-refractivity contribution >= 4 is 23.5 Å². The first kappa shape index (κ1) is 19.2. The van der Waals surface area contributed by atoms with E-state index in [2.05, 4.69) is 21.7 Å². The van der Waals surface area contributed by atoms with Gasteiger partial charge in [-0.05, 0) is 44.2 Å². The number of para-hydroxylation sites is 1. The number of aryl methyl sites for hydroxylation is 1. The van der Waals surface area contributed by atoms with Crippen LogP contribution in [-0.2, 0) is 16.0 Å². The Hall–Kier alpha value is -2.57. The molecule has 7 nitrogen and oxygen atoms in total. The molecule has 0 saturated carbocycles. The van der Waals surface area contributed by atoms with E-state index in [1.54, 1.807) is 0 Å². The van der Waals surface area contributed by atoms with E-state index < -0.39 is 0 Å². The zero-order chi connectivity index (χ0) is 19.1. The van der Waals surface area contributed by atoms with E-state index in [0.717, 1.165) is 51.0 Å². The van der Waals surface area contributed by atoms with Gasteiger partial charge in [0.15, 0.2) is 5.96 Å². The average molecular weight is 371 g/mol. The summed E-state index contributed by atoms with van der Waals surface area (Å²) in [6, 6.07) is 8.04. The quantitative estimate of drug-likeness (QED) is 0.601. The van der Waals surface area contributed by atoms with Gasteiger partial charge in [-0.1, -0.05) is 18.2 Å². The first-order valence-electron chi connectivity index (χ1n) is 9.87. The standard InChI is InChI=1S/C20H29N5O2/c1-2-21-20(22-14-18(26)24-11-5-6-12-24)23-15-19(27)25-13-7-9-16-8-3-4-10-17(16)25/h3-4,8,10H,2,5-7,9,11-15H2,1H3,(H2,21,22,23). The Bertz CT molecular complexity index is 697. The molecule has 0 radical (unpaired) electrons. The molecule has 1 aromatic rings. The fraction of sp³-hybridized carbons (Fsp3) is 0.550. The molecule has 7 heteroatoms. The average Bonchev–Trinajstić information content (AvgIpc) is 3.24. The minimum atomic E-state index is -0.0229. The van der Waals surface area contributed by atoms with Gasteiger partial charge in [-0.3, -0.25) is 9.59 Å². The zero-order valence-corrected chi connectivity index (χ0v) is 16.0. The van der Waals surface area contributed by atoms with Crippen molar-refractivity contribution in [3.05, 3.63) is 29.8 Å². The lowest BCUT2D eigenvalue weighted by Gasteiger charge is -2.29. The number of anilines is 1. The molecule has 2 N–H and O–H groups in total. The lowest BCUT2D eigenvalue weighted by molar-refractivity contribution is -0.128. The molecule has 1 saturated heterocycles. The summed E-state index contributed by atoms with van der Waals surface area (Å²) in [4.78, 5) is 33.0. The third-order valence-electron chi connectivity index (χ3n) is 4.99. The Morgan fingerprint density at radius 1 is 1.04 bits per heavy atom. The van der Waals surface area contributed by atoms with Crippen LogP contribution in [0.2, 0.25) is 0 Å². The summed E-state index contributed by atoms with van der Waals surface area (Å²) >= 11 is 0. The van der Waals surface area contributed by atoms with E-state index in [4.69, 9.17) is 0 Å². The van der Waals surface area contributed by atoms with Crippen LogP contribution in [0.5, 0.6) is 0 Å². The molecule has 1 fully saturated rings. The molecule has 0 spiro atoms. The van der Waals surface area contributed by atoms with Gasteiger partial charge in [0.25, 0.3) is 0 Å². The molecule has 1 aromatic carbocycles. The second kappa shape index (κ2) is 9.39. The molecule has 3 rings (SSSR count). The highest BCUT2D eigenvalue weighted by atomic mass is 16.2. The van der Waals surface area contributed by atoms with Crippen LogP contribution >= 0.6 is 0 Å². The number of aliphatic imine (C=N–C) groups is 1. The number of benzene rings is 1. The number of likely N-dealkylation sites (tertiary alicyclic amines) is 1. The van der Waals surface area contributed by atoms with Gasteiger partial charge in [-0.15, -0.1) is 0 Å². The van der Waals surface area contributed by atoms with Gasteiger partial charge in [0, 0.05) is 31.9 Å². The molecule has 2 amide bonds. The van der Waals surface area contributed by atoms with Crippen LogP contribution in [0.15, 0.2) is 29.3 Å². The summed E-state index contributed by atoms with van der Waals surface area (Å²) in [5, 5.41) is 6.16. The fourth-order valence-corrected chi connectivity index (χ4v) is 3.60. The molecule has 0 atom stereocenters. The summed E-state index contributed by atoms with van der Waals surface area (Å²) in [7, 11) is 0. The van der Waals surface area contributed by atoms with Crippen LogP contribution in [0.1, 0.15) is 31.7 Å². The van der Waals surface area contributed by atoms with E-state index >= 15 is 0 Å². The second-order valence-electron chi connectivity index (χ2n) is 6.91. The first-order valence-corrected chi connectivity index (χ1v) is 9.87. The molecule has 0 bridgehead atoms. The number of amides is 2. The second-order valence-corrected chi connectivity index (χ2v) is 6.91. The van der Waals surface area contributed by atoms with Crippen LogP contribution in [0.3, 0.4) is 0 Å². The maximum absolute atomic E-state index is 12.7. The lowest BCUT2D eigenvalue weighted by atomic mass is 10.0. The predicted octanol–water partition coefficient (Wildman–Crippen LogP) is 1.14. The maximum atomic E-state index is 12.7. The van der Waals surface area contributed by atoms with Crippen LogP contribution in [0.4, 0.5) is 5.69 Å². The molecule has 2 aliphatic rings. The Morgan fingerprint density at radius 2 is 1.81 bits per heavy atom. The van der Waals surface area contributed by atoms with Crippen molar-refractivity contribution in [2.24, 2.45) is 4.99 Å². The summed E-state index contributed by atoms with van der Waals surface area (Å²) in [6.45, 7) is 5.28. The summed E-state index contributed by atoms with van der Waals surface area (Å²) in [5.74, 6) is 0.559. The lowest BCUT2D eigenvalue weighted by Crippen LogP contribution is -2.44. The van der Waals surface area contributed by atoms with Gasteiger partial charge in [0.2, 0.25) is 11.8 Å². The van der Waals surface area contributed by atoms with Crippen molar-refractivity contribution < 1.29 is 9.59 Å². The van der Waals surface area contributed by atoms with Gasteiger partial charge in [0.1, 0.15) is 6.54 Å². The SMILES string of the molecule is CCNC(=NCC(=O)N1CCCc2ccccc21)NCC(=O)N1CCCC1. The van der Waals surface area contributed by atoms with Crippen molar-refractivity contribution in [1.82, 2.24) is 15.5 Å². The van der Waals surface area contributed by atoms with E-state index in [1.165, 1.54) is 5.56 Å². The van der Waals surface area contributed by atoms with Crippen molar-refractivity contribution in [2.75, 3.05) is 44.2 Å². The van der Waals surface area contributed by atoms with Gasteiger partial charge < -0.3 is 20.4 Å². The minimum Gasteiger partial charge on any atom is -0.357 e. The molecular weight excluding hydrogens is 342 g/mol. The molecule has 2 heterocycles. The normalized spacial score (nSPS) is 16.9. The van der Waals surface area contributed by atoms with E-state index in [0.29, 0.717) is 12.5 Å². The van der Waals surface area contributed by atoms with Gasteiger partial charge in [-0.25, -0.2) is 4.99 Å². The Morgan fingerprint density at radius 3 is 2.59 bits per heavy atom. The Balaban J connectivity index is 1.58. The molecule has 2 aliphatic heterocycles. The number of hydrogen-bond donors (Lipinski definition) is 2. The van der Waals surface area contributed by atoms with Gasteiger partial charge in [-0.2, -0.15) is 0 Å². The third kappa shape index (κ3) is 4.99. The maximum Gasteiger partial charge on any atom is 0.248 e. The molecule has 146 valence electrons. The van der Waals surface area contributed by atoms with Gasteiger partial charge in [0.05, 0.1) is 6.54 Å². The van der Waals surface area contributed by atoms with Crippen molar-refractivity contribution in [2.45, 2.75) is 32.6 Å². The van der Waals surface area contributed by atoms with Crippen molar-refractivity contribution in [1.29, 1.82) is 0 Å². The topological polar surface area (TPSA) is 77.0 Å². The van der Waals surface area contributed by atoms with E-state index in [-0.39, 0.29) is 24.9 Å². The number of fused-ring (bicyclic) bond motifs is 1. The van der Waals surface area contributed by atoms with E-state index in [9.17, 15) is 9.59 Å². The number of rotatable bonds is 5. The van der Waals surface area contributed by atoms with Crippen molar-refractivity contribution in [3.63, 3.8) is 0 Å². The highest BCUT2D eigenvalue weighted by molar-refractivity contribution is 5.97. The highest BCUT2D eigenvalue weighted by Gasteiger charge is 2.22. The Kier molecular flexibility index (Phi) is 6.68. The number of hydrogen-bond acceptors (Lipinski definition) is 3. The van der Waals surface area contributed by atoms with Crippen LogP contribution in [0.25, 0.3) is 0 Å². The molecule has 0 aromatic heterocycles. The molecule has 0 aliphatic carbocycles. The zero-order valence-electron chi connectivity index (χ0n) is 16.0. The highest BCUT2D eigenvalue weighted by Crippen LogP contribution is 2.26. The fourth-order valence-electron chi connectivity index (χ4n) is 3.60. The molecular formula is C20H29N5O2. The number of nitrogens with zero attached hydrogens (tertiary/aromatic N) is 3. The monoisotopic (exact) mass is 371 g/mol. The number of nitrogens with one attached hydrogen (secondary N) is 2. The van der Waals surface area contributed by atoms with Crippen LogP contribution in [-0.4, -0.2) is 61.9 Å². The minimum absolute atomic E-state index is 0.0229. The summed E-state index contributed by atoms with van der Waals surface area (Å²) in [6.07, 6.45) is 4.12. The number of guanidine groups is 1.